The van der Waals surface area contributed by atoms with E-state index < -0.39 is 17.7 Å². The molecule has 33 heavy (non-hydrogen) atoms. The SMILES string of the molecule is CC(C)Oc1ccc(COc2ccc3c(c2)cc2n3CCC2CC(=O)OF)cc1C(F)(F)F. The van der Waals surface area contributed by atoms with E-state index in [0.717, 1.165) is 29.1 Å². The van der Waals surface area contributed by atoms with Gasteiger partial charge < -0.3 is 14.0 Å². The minimum atomic E-state index is -4.54. The van der Waals surface area contributed by atoms with Crippen LogP contribution in [-0.4, -0.2) is 16.6 Å². The molecule has 1 aliphatic rings. The second-order valence-corrected chi connectivity index (χ2v) is 8.36. The van der Waals surface area contributed by atoms with Crippen LogP contribution in [-0.2, 0) is 29.1 Å². The van der Waals surface area contributed by atoms with Crippen LogP contribution in [0.1, 0.15) is 49.4 Å². The second-order valence-electron chi connectivity index (χ2n) is 8.36. The lowest BCUT2D eigenvalue weighted by Gasteiger charge is -2.17. The van der Waals surface area contributed by atoms with Gasteiger partial charge in [0, 0.05) is 33.6 Å². The van der Waals surface area contributed by atoms with E-state index in [2.05, 4.69) is 9.51 Å². The summed E-state index contributed by atoms with van der Waals surface area (Å²) in [5.41, 5.74) is 1.39. The molecular formula is C24H23F4NO4. The second kappa shape index (κ2) is 8.96. The van der Waals surface area contributed by atoms with Crippen molar-refractivity contribution in [2.75, 3.05) is 0 Å². The van der Waals surface area contributed by atoms with Gasteiger partial charge >= 0.3 is 12.1 Å². The van der Waals surface area contributed by atoms with Crippen LogP contribution in [0.4, 0.5) is 17.7 Å². The molecule has 0 fully saturated rings. The molecule has 1 aliphatic heterocycles. The molecule has 1 aromatic heterocycles. The normalized spacial score (nSPS) is 15.7. The third kappa shape index (κ3) is 4.91. The summed E-state index contributed by atoms with van der Waals surface area (Å²) < 4.78 is 65.6. The maximum absolute atomic E-state index is 13.5. The first-order valence-corrected chi connectivity index (χ1v) is 10.6. The van der Waals surface area contributed by atoms with Crippen LogP contribution in [0, 0.1) is 0 Å². The van der Waals surface area contributed by atoms with Crippen molar-refractivity contribution in [2.24, 2.45) is 0 Å². The Labute approximate surface area is 187 Å². The Hall–Kier alpha value is -3.23. The number of carbonyl (C=O) groups excluding carboxylic acids is 1. The third-order valence-electron chi connectivity index (χ3n) is 5.64. The molecule has 1 unspecified atom stereocenters. The van der Waals surface area contributed by atoms with Gasteiger partial charge in [0.1, 0.15) is 18.1 Å². The van der Waals surface area contributed by atoms with Crippen LogP contribution in [0.3, 0.4) is 0 Å². The van der Waals surface area contributed by atoms with Crippen molar-refractivity contribution in [1.29, 1.82) is 0 Å². The highest BCUT2D eigenvalue weighted by Gasteiger charge is 2.35. The molecule has 0 N–H and O–H groups in total. The van der Waals surface area contributed by atoms with Gasteiger partial charge in [0.15, 0.2) is 0 Å². The quantitative estimate of drug-likeness (QED) is 0.383. The lowest BCUT2D eigenvalue weighted by molar-refractivity contribution is -0.184. The highest BCUT2D eigenvalue weighted by atomic mass is 19.4. The fourth-order valence-corrected chi connectivity index (χ4v) is 4.23. The van der Waals surface area contributed by atoms with Gasteiger partial charge in [-0.1, -0.05) is 6.07 Å². The molecule has 0 amide bonds. The van der Waals surface area contributed by atoms with Crippen molar-refractivity contribution in [3.8, 4) is 11.5 Å². The van der Waals surface area contributed by atoms with Crippen molar-refractivity contribution < 1.29 is 36.9 Å². The highest BCUT2D eigenvalue weighted by Crippen LogP contribution is 2.39. The molecule has 0 spiro atoms. The zero-order chi connectivity index (χ0) is 23.8. The molecule has 4 rings (SSSR count). The minimum absolute atomic E-state index is 0.0335. The van der Waals surface area contributed by atoms with Crippen molar-refractivity contribution >= 4 is 16.9 Å². The van der Waals surface area contributed by atoms with Crippen LogP contribution < -0.4 is 9.47 Å². The number of ether oxygens (including phenoxy) is 2. The van der Waals surface area contributed by atoms with Crippen molar-refractivity contribution in [2.45, 2.75) is 58.0 Å². The largest absolute Gasteiger partial charge is 0.490 e. The summed E-state index contributed by atoms with van der Waals surface area (Å²) in [6.07, 6.45) is -4.24. The number of alkyl halides is 3. The van der Waals surface area contributed by atoms with Gasteiger partial charge in [0.25, 0.3) is 0 Å². The van der Waals surface area contributed by atoms with E-state index in [0.29, 0.717) is 17.9 Å². The number of carbonyl (C=O) groups is 1. The first-order chi connectivity index (χ1) is 15.7. The van der Waals surface area contributed by atoms with E-state index in [9.17, 15) is 22.5 Å². The number of nitrogens with zero attached hydrogens (tertiary/aromatic N) is 1. The van der Waals surface area contributed by atoms with Crippen LogP contribution >= 0.6 is 0 Å². The number of rotatable bonds is 7. The Morgan fingerprint density at radius 2 is 1.94 bits per heavy atom. The topological polar surface area (TPSA) is 49.7 Å². The number of fused-ring (bicyclic) bond motifs is 3. The van der Waals surface area contributed by atoms with Crippen LogP contribution in [0.5, 0.6) is 11.5 Å². The molecule has 0 saturated heterocycles. The van der Waals surface area contributed by atoms with Gasteiger partial charge in [-0.25, -0.2) is 4.79 Å². The Morgan fingerprint density at radius 3 is 2.64 bits per heavy atom. The van der Waals surface area contributed by atoms with E-state index in [1.807, 2.05) is 12.1 Å². The number of aromatic nitrogens is 1. The van der Waals surface area contributed by atoms with Gasteiger partial charge in [-0.15, -0.1) is 0 Å². The number of hydrogen-bond acceptors (Lipinski definition) is 4. The standard InChI is InChI=1S/C24H23F4NO4/c1-14(2)32-22-6-3-15(9-19(22)24(25,26)27)13-31-18-4-5-20-17(10-18)11-21-16(7-8-29(20)21)12-23(30)33-28/h3-6,9-11,14,16H,7-8,12-13H2,1-2H3. The van der Waals surface area contributed by atoms with Gasteiger partial charge in [-0.05, 0) is 62.2 Å². The molecule has 0 bridgehead atoms. The Balaban J connectivity index is 1.52. The summed E-state index contributed by atoms with van der Waals surface area (Å²) in [6.45, 7) is 3.99. The summed E-state index contributed by atoms with van der Waals surface area (Å²) in [5.74, 6) is -0.733. The number of halogens is 4. The Bertz CT molecular complexity index is 1170. The first-order valence-electron chi connectivity index (χ1n) is 10.6. The summed E-state index contributed by atoms with van der Waals surface area (Å²) in [4.78, 5) is 14.6. The smallest absolute Gasteiger partial charge is 0.419 e. The van der Waals surface area contributed by atoms with Crippen molar-refractivity contribution in [3.63, 3.8) is 0 Å². The molecule has 0 aliphatic carbocycles. The van der Waals surface area contributed by atoms with Crippen molar-refractivity contribution in [1.82, 2.24) is 4.57 Å². The fraction of sp³-hybridized carbons (Fsp3) is 0.375. The lowest BCUT2D eigenvalue weighted by atomic mass is 10.0. The number of benzene rings is 2. The summed E-state index contributed by atoms with van der Waals surface area (Å²) >= 11 is 0. The highest BCUT2D eigenvalue weighted by molar-refractivity contribution is 5.84. The molecule has 0 saturated carbocycles. The third-order valence-corrected chi connectivity index (χ3v) is 5.64. The van der Waals surface area contributed by atoms with E-state index in [-0.39, 0.29) is 30.8 Å². The molecule has 5 nitrogen and oxygen atoms in total. The zero-order valence-electron chi connectivity index (χ0n) is 18.1. The van der Waals surface area contributed by atoms with Crippen LogP contribution in [0.15, 0.2) is 42.5 Å². The average Bonchev–Trinajstić information content (AvgIpc) is 3.31. The minimum Gasteiger partial charge on any atom is -0.490 e. The van der Waals surface area contributed by atoms with Crippen LogP contribution in [0.25, 0.3) is 10.9 Å². The molecule has 0 radical (unpaired) electrons. The fourth-order valence-electron chi connectivity index (χ4n) is 4.23. The molecule has 2 heterocycles. The molecule has 2 aromatic carbocycles. The predicted molar refractivity (Wildman–Crippen MR) is 113 cm³/mol. The number of aryl methyl sites for hydroxylation is 1. The van der Waals surface area contributed by atoms with Gasteiger partial charge in [-0.3, -0.25) is 4.94 Å². The summed E-state index contributed by atoms with van der Waals surface area (Å²) in [5, 5.41) is 0.873. The van der Waals surface area contributed by atoms with E-state index in [1.165, 1.54) is 6.07 Å². The van der Waals surface area contributed by atoms with Gasteiger partial charge in [0.2, 0.25) is 0 Å². The summed E-state index contributed by atoms with van der Waals surface area (Å²) in [6, 6.07) is 11.2. The summed E-state index contributed by atoms with van der Waals surface area (Å²) in [7, 11) is 0. The first kappa shape index (κ1) is 22.9. The van der Waals surface area contributed by atoms with Gasteiger partial charge in [0.05, 0.1) is 18.1 Å². The maximum atomic E-state index is 13.5. The van der Waals surface area contributed by atoms with E-state index >= 15 is 0 Å². The van der Waals surface area contributed by atoms with E-state index in [1.54, 1.807) is 32.0 Å². The molecule has 3 aromatic rings. The molecule has 176 valence electrons. The van der Waals surface area contributed by atoms with Crippen LogP contribution in [0.2, 0.25) is 0 Å². The lowest BCUT2D eigenvalue weighted by Crippen LogP contribution is -2.13. The predicted octanol–water partition coefficient (Wildman–Crippen LogP) is 6.33. The zero-order valence-corrected chi connectivity index (χ0v) is 18.1. The molecule has 9 heteroatoms. The van der Waals surface area contributed by atoms with E-state index in [4.69, 9.17) is 9.47 Å². The van der Waals surface area contributed by atoms with Crippen molar-refractivity contribution in [3.05, 3.63) is 59.3 Å². The Morgan fingerprint density at radius 1 is 1.15 bits per heavy atom. The number of hydrogen-bond donors (Lipinski definition) is 0. The Kier molecular flexibility index (Phi) is 6.23. The van der Waals surface area contributed by atoms with Gasteiger partial charge in [-0.2, -0.15) is 13.2 Å². The molecular weight excluding hydrogens is 442 g/mol. The average molecular weight is 465 g/mol. The maximum Gasteiger partial charge on any atom is 0.419 e. The molecule has 1 atom stereocenters. The monoisotopic (exact) mass is 465 g/mol.